The van der Waals surface area contributed by atoms with Gasteiger partial charge in [-0.05, 0) is 36.2 Å². The quantitative estimate of drug-likeness (QED) is 0.640. The minimum atomic E-state index is -3.56. The van der Waals surface area contributed by atoms with Crippen LogP contribution in [0.3, 0.4) is 0 Å². The second-order valence-corrected chi connectivity index (χ2v) is 8.43. The zero-order valence-corrected chi connectivity index (χ0v) is 16.2. The Morgan fingerprint density at radius 2 is 2.00 bits per heavy atom. The number of amides is 1. The van der Waals surface area contributed by atoms with Crippen molar-refractivity contribution < 1.29 is 13.2 Å². The lowest BCUT2D eigenvalue weighted by molar-refractivity contribution is -0.116. The van der Waals surface area contributed by atoms with Gasteiger partial charge in [0.15, 0.2) is 0 Å². The Balaban J connectivity index is 1.68. The molecule has 0 aliphatic rings. The lowest BCUT2D eigenvalue weighted by atomic mass is 10.1. The number of hydrogen-bond donors (Lipinski definition) is 2. The van der Waals surface area contributed by atoms with Crippen molar-refractivity contribution in [3.63, 3.8) is 0 Å². The average Bonchev–Trinajstić information content (AvgIpc) is 3.07. The zero-order valence-electron chi connectivity index (χ0n) is 15.3. The van der Waals surface area contributed by atoms with Crippen molar-refractivity contribution in [2.24, 2.45) is 0 Å². The van der Waals surface area contributed by atoms with Crippen LogP contribution in [0.4, 0.5) is 5.69 Å². The van der Waals surface area contributed by atoms with Crippen molar-refractivity contribution in [1.82, 2.24) is 9.29 Å². The molecule has 0 atom stereocenters. The lowest BCUT2D eigenvalue weighted by Gasteiger charge is -2.19. The number of carbonyl (C=O) groups excluding carboxylic acids is 1. The summed E-state index contributed by atoms with van der Waals surface area (Å²) in [4.78, 5) is 15.5. The summed E-state index contributed by atoms with van der Waals surface area (Å²) in [5.41, 5.74) is 2.84. The Morgan fingerprint density at radius 3 is 2.75 bits per heavy atom. The maximum Gasteiger partial charge on any atom is 0.239 e. The molecule has 0 unspecified atom stereocenters. The molecule has 144 valence electrons. The van der Waals surface area contributed by atoms with Gasteiger partial charge in [-0.3, -0.25) is 4.79 Å². The monoisotopic (exact) mass is 396 g/mol. The summed E-state index contributed by atoms with van der Waals surface area (Å²) in [6.45, 7) is -0.107. The van der Waals surface area contributed by atoms with Crippen LogP contribution in [-0.4, -0.2) is 43.0 Å². The number of nitriles is 1. The molecule has 0 saturated carbocycles. The SMILES string of the molecule is CS(=O)(=O)N(CCc1c[nH]c2ccccc12)CC(=O)Nc1cccc(C#N)c1. The van der Waals surface area contributed by atoms with E-state index in [4.69, 9.17) is 5.26 Å². The van der Waals surface area contributed by atoms with E-state index in [-0.39, 0.29) is 13.1 Å². The Bertz CT molecular complexity index is 1150. The number of fused-ring (bicyclic) bond motifs is 1. The maximum atomic E-state index is 12.3. The van der Waals surface area contributed by atoms with Gasteiger partial charge in [0.25, 0.3) is 0 Å². The summed E-state index contributed by atoms with van der Waals surface area (Å²) in [5.74, 6) is -0.459. The molecule has 2 aromatic carbocycles. The van der Waals surface area contributed by atoms with E-state index in [1.54, 1.807) is 18.2 Å². The van der Waals surface area contributed by atoms with Crippen molar-refractivity contribution in [2.75, 3.05) is 24.7 Å². The second kappa shape index (κ2) is 8.25. The predicted molar refractivity (Wildman–Crippen MR) is 108 cm³/mol. The third-order valence-corrected chi connectivity index (χ3v) is 5.62. The highest BCUT2D eigenvalue weighted by atomic mass is 32.2. The van der Waals surface area contributed by atoms with Crippen LogP contribution in [0.5, 0.6) is 0 Å². The van der Waals surface area contributed by atoms with Gasteiger partial charge in [0.1, 0.15) is 0 Å². The van der Waals surface area contributed by atoms with Crippen molar-refractivity contribution >= 4 is 32.5 Å². The Hall–Kier alpha value is -3.15. The van der Waals surface area contributed by atoms with E-state index in [9.17, 15) is 13.2 Å². The fourth-order valence-electron chi connectivity index (χ4n) is 2.97. The number of para-hydroxylation sites is 1. The Labute approximate surface area is 163 Å². The number of rotatable bonds is 7. The maximum absolute atomic E-state index is 12.3. The number of nitrogens with one attached hydrogen (secondary N) is 2. The number of hydrogen-bond acceptors (Lipinski definition) is 4. The van der Waals surface area contributed by atoms with Crippen molar-refractivity contribution in [2.45, 2.75) is 6.42 Å². The van der Waals surface area contributed by atoms with Crippen molar-refractivity contribution in [3.05, 3.63) is 65.9 Å². The fraction of sp³-hybridized carbons (Fsp3) is 0.200. The first-order chi connectivity index (χ1) is 13.4. The molecule has 1 heterocycles. The van der Waals surface area contributed by atoms with Crippen LogP contribution in [-0.2, 0) is 21.2 Å². The highest BCUT2D eigenvalue weighted by Gasteiger charge is 2.20. The first-order valence-corrected chi connectivity index (χ1v) is 10.5. The molecule has 1 aromatic heterocycles. The molecule has 2 N–H and O–H groups in total. The molecular weight excluding hydrogens is 376 g/mol. The van der Waals surface area contributed by atoms with Gasteiger partial charge >= 0.3 is 0 Å². The smallest absolute Gasteiger partial charge is 0.239 e. The molecule has 0 bridgehead atoms. The van der Waals surface area contributed by atoms with E-state index in [2.05, 4.69) is 10.3 Å². The number of nitrogens with zero attached hydrogens (tertiary/aromatic N) is 2. The molecule has 7 nitrogen and oxygen atoms in total. The number of carbonyl (C=O) groups is 1. The first-order valence-electron chi connectivity index (χ1n) is 8.67. The minimum absolute atomic E-state index is 0.187. The molecule has 0 fully saturated rings. The molecule has 0 aliphatic carbocycles. The Kier molecular flexibility index (Phi) is 5.78. The highest BCUT2D eigenvalue weighted by Crippen LogP contribution is 2.19. The number of aromatic nitrogens is 1. The summed E-state index contributed by atoms with van der Waals surface area (Å²) in [7, 11) is -3.56. The summed E-state index contributed by atoms with van der Waals surface area (Å²) < 4.78 is 25.4. The van der Waals surface area contributed by atoms with E-state index in [0.29, 0.717) is 17.7 Å². The molecule has 3 aromatic rings. The minimum Gasteiger partial charge on any atom is -0.361 e. The highest BCUT2D eigenvalue weighted by molar-refractivity contribution is 7.88. The summed E-state index contributed by atoms with van der Waals surface area (Å²) in [5, 5.41) is 12.6. The molecule has 0 spiro atoms. The van der Waals surface area contributed by atoms with Gasteiger partial charge in [0.2, 0.25) is 15.9 Å². The van der Waals surface area contributed by atoms with Crippen LogP contribution in [0.1, 0.15) is 11.1 Å². The number of anilines is 1. The number of H-pyrrole nitrogens is 1. The summed E-state index contributed by atoms with van der Waals surface area (Å²) >= 11 is 0. The molecule has 1 amide bonds. The van der Waals surface area contributed by atoms with Crippen LogP contribution < -0.4 is 5.32 Å². The van der Waals surface area contributed by atoms with Gasteiger partial charge in [-0.25, -0.2) is 8.42 Å². The number of benzene rings is 2. The van der Waals surface area contributed by atoms with E-state index >= 15 is 0 Å². The molecular formula is C20H20N4O3S. The first kappa shape index (κ1) is 19.6. The van der Waals surface area contributed by atoms with Crippen molar-refractivity contribution in [1.29, 1.82) is 5.26 Å². The van der Waals surface area contributed by atoms with E-state index in [1.807, 2.05) is 36.5 Å². The van der Waals surface area contributed by atoms with E-state index in [0.717, 1.165) is 27.0 Å². The largest absolute Gasteiger partial charge is 0.361 e. The van der Waals surface area contributed by atoms with Gasteiger partial charge < -0.3 is 10.3 Å². The average molecular weight is 396 g/mol. The topological polar surface area (TPSA) is 106 Å². The summed E-state index contributed by atoms with van der Waals surface area (Å²) in [6.07, 6.45) is 3.43. The lowest BCUT2D eigenvalue weighted by Crippen LogP contribution is -2.38. The second-order valence-electron chi connectivity index (χ2n) is 6.45. The molecule has 0 radical (unpaired) electrons. The van der Waals surface area contributed by atoms with Crippen LogP contribution >= 0.6 is 0 Å². The fourth-order valence-corrected chi connectivity index (χ4v) is 3.75. The van der Waals surface area contributed by atoms with Gasteiger partial charge in [-0.2, -0.15) is 9.57 Å². The normalized spacial score (nSPS) is 11.5. The number of aromatic amines is 1. The van der Waals surface area contributed by atoms with Crippen LogP contribution in [0.2, 0.25) is 0 Å². The molecule has 28 heavy (non-hydrogen) atoms. The van der Waals surface area contributed by atoms with Crippen LogP contribution in [0.15, 0.2) is 54.7 Å². The molecule has 0 saturated heterocycles. The van der Waals surface area contributed by atoms with Gasteiger partial charge in [0, 0.05) is 29.3 Å². The summed E-state index contributed by atoms with van der Waals surface area (Å²) in [6, 6.07) is 16.2. The third-order valence-electron chi connectivity index (χ3n) is 4.37. The van der Waals surface area contributed by atoms with Gasteiger partial charge in [0.05, 0.1) is 24.4 Å². The van der Waals surface area contributed by atoms with E-state index < -0.39 is 15.9 Å². The molecule has 8 heteroatoms. The number of sulfonamides is 1. The predicted octanol–water partition coefficient (Wildman–Crippen LogP) is 2.48. The molecule has 3 rings (SSSR count). The molecule has 0 aliphatic heterocycles. The third kappa shape index (κ3) is 4.76. The van der Waals surface area contributed by atoms with Crippen molar-refractivity contribution in [3.8, 4) is 6.07 Å². The van der Waals surface area contributed by atoms with Crippen LogP contribution in [0.25, 0.3) is 10.9 Å². The van der Waals surface area contributed by atoms with Gasteiger partial charge in [-0.1, -0.05) is 24.3 Å². The Morgan fingerprint density at radius 1 is 1.21 bits per heavy atom. The zero-order chi connectivity index (χ0) is 20.1. The standard InChI is InChI=1S/C20H20N4O3S/c1-28(26,27)24(10-9-16-13-22-19-8-3-2-7-18(16)19)14-20(25)23-17-6-4-5-15(11-17)12-21/h2-8,11,13,22H,9-10,14H2,1H3,(H,23,25). The van der Waals surface area contributed by atoms with E-state index in [1.165, 1.54) is 6.07 Å². The van der Waals surface area contributed by atoms with Crippen LogP contribution in [0, 0.1) is 11.3 Å². The van der Waals surface area contributed by atoms with Gasteiger partial charge in [-0.15, -0.1) is 0 Å².